The Bertz CT molecular complexity index is 1060. The summed E-state index contributed by atoms with van der Waals surface area (Å²) in [7, 11) is 1.38. The predicted molar refractivity (Wildman–Crippen MR) is 91.6 cm³/mol. The Morgan fingerprint density at radius 1 is 1.29 bits per heavy atom. The molecule has 0 aliphatic carbocycles. The Hall–Kier alpha value is -2.79. The molecular formula is C18H13ClN2O3. The van der Waals surface area contributed by atoms with Crippen LogP contribution in [0.2, 0.25) is 5.02 Å². The van der Waals surface area contributed by atoms with E-state index < -0.39 is 0 Å². The van der Waals surface area contributed by atoms with Crippen molar-refractivity contribution in [3.05, 3.63) is 59.2 Å². The van der Waals surface area contributed by atoms with E-state index in [1.54, 1.807) is 17.0 Å². The lowest BCUT2D eigenvalue weighted by atomic mass is 10.1. The summed E-state index contributed by atoms with van der Waals surface area (Å²) in [6, 6.07) is 13.0. The number of esters is 1. The Morgan fingerprint density at radius 3 is 3.00 bits per heavy atom. The summed E-state index contributed by atoms with van der Waals surface area (Å²) in [5.74, 6) is -0.290. The van der Waals surface area contributed by atoms with Gasteiger partial charge in [-0.15, -0.1) is 0 Å². The first-order valence-corrected chi connectivity index (χ1v) is 7.76. The largest absolute Gasteiger partial charge is 0.469 e. The van der Waals surface area contributed by atoms with Crippen molar-refractivity contribution in [1.82, 2.24) is 9.72 Å². The lowest BCUT2D eigenvalue weighted by Crippen LogP contribution is -2.10. The molecule has 0 N–H and O–H groups in total. The number of benzene rings is 2. The van der Waals surface area contributed by atoms with Gasteiger partial charge in [-0.2, -0.15) is 4.74 Å². The van der Waals surface area contributed by atoms with Gasteiger partial charge in [-0.1, -0.05) is 23.7 Å². The van der Waals surface area contributed by atoms with E-state index in [-0.39, 0.29) is 12.4 Å². The van der Waals surface area contributed by atoms with Crippen molar-refractivity contribution < 1.29 is 14.1 Å². The van der Waals surface area contributed by atoms with Gasteiger partial charge in [-0.05, 0) is 35.9 Å². The number of hydrogen-bond acceptors (Lipinski definition) is 4. The Labute approximate surface area is 142 Å². The van der Waals surface area contributed by atoms with Gasteiger partial charge in [-0.25, -0.2) is 0 Å². The van der Waals surface area contributed by atoms with Gasteiger partial charge in [0.1, 0.15) is 5.52 Å². The second-order valence-electron chi connectivity index (χ2n) is 5.39. The molecule has 24 heavy (non-hydrogen) atoms. The minimum absolute atomic E-state index is 0.189. The highest BCUT2D eigenvalue weighted by molar-refractivity contribution is 6.31. The second-order valence-corrected chi connectivity index (χ2v) is 5.83. The van der Waals surface area contributed by atoms with E-state index in [0.717, 1.165) is 33.3 Å². The van der Waals surface area contributed by atoms with Gasteiger partial charge in [0.2, 0.25) is 0 Å². The number of rotatable bonds is 3. The molecule has 0 unspecified atom stereocenters. The van der Waals surface area contributed by atoms with Crippen molar-refractivity contribution in [1.29, 1.82) is 0 Å². The SMILES string of the molecule is COC(=O)Cc1cccc2on(-c3ccnc4cc(Cl)ccc34)c12. The van der Waals surface area contributed by atoms with Crippen LogP contribution in [0.1, 0.15) is 5.56 Å². The van der Waals surface area contributed by atoms with Crippen LogP contribution in [0.5, 0.6) is 0 Å². The number of carbonyl (C=O) groups excluding carboxylic acids is 1. The summed E-state index contributed by atoms with van der Waals surface area (Å²) < 4.78 is 12.3. The molecule has 4 aromatic rings. The highest BCUT2D eigenvalue weighted by atomic mass is 35.5. The van der Waals surface area contributed by atoms with E-state index in [0.29, 0.717) is 5.02 Å². The molecule has 6 heteroatoms. The number of carbonyl (C=O) groups is 1. The zero-order chi connectivity index (χ0) is 16.7. The molecule has 120 valence electrons. The number of fused-ring (bicyclic) bond motifs is 2. The van der Waals surface area contributed by atoms with Crippen LogP contribution in [0, 0.1) is 0 Å². The molecule has 2 heterocycles. The minimum atomic E-state index is -0.290. The number of hydrogen-bond donors (Lipinski definition) is 0. The first-order chi connectivity index (χ1) is 11.7. The van der Waals surface area contributed by atoms with Crippen molar-refractivity contribution in [2.45, 2.75) is 6.42 Å². The van der Waals surface area contributed by atoms with Crippen LogP contribution in [0.25, 0.3) is 27.7 Å². The average molecular weight is 341 g/mol. The zero-order valence-electron chi connectivity index (χ0n) is 12.8. The molecule has 2 aromatic carbocycles. The lowest BCUT2D eigenvalue weighted by molar-refractivity contribution is -0.139. The number of ether oxygens (including phenoxy) is 1. The quantitative estimate of drug-likeness (QED) is 0.526. The minimum Gasteiger partial charge on any atom is -0.469 e. The lowest BCUT2D eigenvalue weighted by Gasteiger charge is -2.18. The predicted octanol–water partition coefficient (Wildman–Crippen LogP) is 4.14. The molecule has 0 saturated carbocycles. The highest BCUT2D eigenvalue weighted by Gasteiger charge is 2.18. The van der Waals surface area contributed by atoms with Crippen LogP contribution in [0.4, 0.5) is 0 Å². The monoisotopic (exact) mass is 340 g/mol. The average Bonchev–Trinajstić information content (AvgIpc) is 2.55. The molecule has 0 aliphatic heterocycles. The van der Waals surface area contributed by atoms with Gasteiger partial charge in [0.25, 0.3) is 0 Å². The number of halogens is 1. The van der Waals surface area contributed by atoms with Crippen molar-refractivity contribution in [3.63, 3.8) is 0 Å². The van der Waals surface area contributed by atoms with Gasteiger partial charge >= 0.3 is 5.97 Å². The number of methoxy groups -OCH3 is 1. The normalized spacial score (nSPS) is 11.2. The van der Waals surface area contributed by atoms with Crippen molar-refractivity contribution in [2.24, 2.45) is 0 Å². The Balaban J connectivity index is 1.90. The molecule has 0 radical (unpaired) electrons. The summed E-state index contributed by atoms with van der Waals surface area (Å²) in [4.78, 5) is 16.0. The van der Waals surface area contributed by atoms with Gasteiger partial charge in [0.15, 0.2) is 5.58 Å². The highest BCUT2D eigenvalue weighted by Crippen LogP contribution is 2.31. The third kappa shape index (κ3) is 2.34. The van der Waals surface area contributed by atoms with Crippen molar-refractivity contribution in [3.8, 4) is 5.69 Å². The van der Waals surface area contributed by atoms with Crippen LogP contribution in [-0.2, 0) is 16.0 Å². The van der Waals surface area contributed by atoms with Crippen LogP contribution in [-0.4, -0.2) is 22.8 Å². The van der Waals surface area contributed by atoms with Gasteiger partial charge < -0.3 is 9.26 Å². The smallest absolute Gasteiger partial charge is 0.310 e. The first kappa shape index (κ1) is 14.8. The van der Waals surface area contributed by atoms with Gasteiger partial charge in [-0.3, -0.25) is 9.78 Å². The van der Waals surface area contributed by atoms with E-state index >= 15 is 0 Å². The Kier molecular flexibility index (Phi) is 3.50. The van der Waals surface area contributed by atoms with E-state index in [1.165, 1.54) is 7.11 Å². The fourth-order valence-corrected chi connectivity index (χ4v) is 2.97. The number of nitrogens with zero attached hydrogens (tertiary/aromatic N) is 2. The van der Waals surface area contributed by atoms with Gasteiger partial charge in [0, 0.05) is 16.6 Å². The summed E-state index contributed by atoms with van der Waals surface area (Å²) in [5.41, 5.74) is 4.08. The standard InChI is InChI=1S/C18H13ClN2O3/c1-23-17(22)9-11-3-2-4-16-18(11)21(24-16)15-7-8-20-14-10-12(19)5-6-13(14)15/h2-8,10H,9H2,1H3. The third-order valence-electron chi connectivity index (χ3n) is 3.94. The summed E-state index contributed by atoms with van der Waals surface area (Å²) in [6.45, 7) is 0. The van der Waals surface area contributed by atoms with Crippen LogP contribution < -0.4 is 0 Å². The molecule has 0 spiro atoms. The molecule has 0 atom stereocenters. The zero-order valence-corrected chi connectivity index (χ0v) is 13.6. The number of aromatic nitrogens is 2. The van der Waals surface area contributed by atoms with Crippen molar-refractivity contribution >= 4 is 39.6 Å². The van der Waals surface area contributed by atoms with Crippen molar-refractivity contribution in [2.75, 3.05) is 7.11 Å². The first-order valence-electron chi connectivity index (χ1n) is 7.38. The topological polar surface area (TPSA) is 57.3 Å². The third-order valence-corrected chi connectivity index (χ3v) is 4.17. The summed E-state index contributed by atoms with van der Waals surface area (Å²) >= 11 is 6.04. The molecule has 0 saturated heterocycles. The molecule has 4 rings (SSSR count). The summed E-state index contributed by atoms with van der Waals surface area (Å²) in [5, 5.41) is 1.55. The van der Waals surface area contributed by atoms with E-state index in [2.05, 4.69) is 4.98 Å². The molecule has 0 aliphatic rings. The summed E-state index contributed by atoms with van der Waals surface area (Å²) in [6.07, 6.45) is 1.90. The van der Waals surface area contributed by atoms with E-state index in [1.807, 2.05) is 36.4 Å². The number of pyridine rings is 1. The molecule has 0 amide bonds. The van der Waals surface area contributed by atoms with Crippen LogP contribution in [0.15, 0.2) is 53.2 Å². The molecule has 0 bridgehead atoms. The van der Waals surface area contributed by atoms with Gasteiger partial charge in [0.05, 0.1) is 24.7 Å². The van der Waals surface area contributed by atoms with E-state index in [9.17, 15) is 4.79 Å². The molecular weight excluding hydrogens is 328 g/mol. The fraction of sp³-hybridized carbons (Fsp3) is 0.111. The van der Waals surface area contributed by atoms with Crippen LogP contribution in [0.3, 0.4) is 0 Å². The van der Waals surface area contributed by atoms with E-state index in [4.69, 9.17) is 20.9 Å². The maximum atomic E-state index is 11.7. The Morgan fingerprint density at radius 2 is 2.17 bits per heavy atom. The maximum absolute atomic E-state index is 11.7. The fourth-order valence-electron chi connectivity index (χ4n) is 2.80. The molecule has 0 fully saturated rings. The molecule has 5 nitrogen and oxygen atoms in total. The maximum Gasteiger partial charge on any atom is 0.310 e. The molecule has 2 aromatic heterocycles. The number of para-hydroxylation sites is 1. The second kappa shape index (κ2) is 5.69. The van der Waals surface area contributed by atoms with Crippen LogP contribution >= 0.6 is 11.6 Å².